The number of aryl methyl sites for hydroxylation is 1. The summed E-state index contributed by atoms with van der Waals surface area (Å²) >= 11 is 0. The molecule has 2 aliphatic heterocycles. The number of urea groups is 1. The van der Waals surface area contributed by atoms with Crippen LogP contribution in [0.1, 0.15) is 35.7 Å². The Labute approximate surface area is 185 Å². The van der Waals surface area contributed by atoms with Gasteiger partial charge in [-0.2, -0.15) is 0 Å². The maximum atomic E-state index is 14.5. The third-order valence-corrected chi connectivity index (χ3v) is 6.52. The number of anilines is 3. The minimum atomic E-state index is -0.465. The molecule has 9 heteroatoms. The molecule has 6 rings (SSSR count). The Hall–Kier alpha value is -3.20. The molecule has 0 radical (unpaired) electrons. The molecule has 5 heterocycles. The van der Waals surface area contributed by atoms with Crippen molar-refractivity contribution in [1.82, 2.24) is 19.7 Å². The Bertz CT molecular complexity index is 1210. The van der Waals surface area contributed by atoms with Gasteiger partial charge in [-0.15, -0.1) is 0 Å². The number of carbonyl (C=O) groups excluding carboxylic acids is 1. The predicted molar refractivity (Wildman–Crippen MR) is 121 cm³/mol. The number of carbonyl (C=O) groups is 1. The van der Waals surface area contributed by atoms with Crippen LogP contribution < -0.4 is 20.4 Å². The average Bonchev–Trinajstić information content (AvgIpc) is 3.43. The zero-order valence-electron chi connectivity index (χ0n) is 18.1. The fraction of sp³-hybridized carbons (Fsp3) is 0.435. The van der Waals surface area contributed by atoms with Gasteiger partial charge in [0.05, 0.1) is 11.4 Å². The molecule has 0 atom stereocenters. The highest BCUT2D eigenvalue weighted by atomic mass is 19.1. The third-order valence-electron chi connectivity index (χ3n) is 6.52. The molecular weight excluding hydrogens is 409 g/mol. The van der Waals surface area contributed by atoms with Crippen molar-refractivity contribution in [1.29, 1.82) is 0 Å². The van der Waals surface area contributed by atoms with E-state index in [0.717, 1.165) is 68.2 Å². The van der Waals surface area contributed by atoms with Crippen LogP contribution in [0.2, 0.25) is 0 Å². The van der Waals surface area contributed by atoms with Gasteiger partial charge in [-0.25, -0.2) is 19.2 Å². The Morgan fingerprint density at radius 1 is 1.16 bits per heavy atom. The van der Waals surface area contributed by atoms with Crippen LogP contribution in [0.15, 0.2) is 24.5 Å². The van der Waals surface area contributed by atoms with Gasteiger partial charge in [0.15, 0.2) is 11.5 Å². The van der Waals surface area contributed by atoms with E-state index in [1.54, 1.807) is 21.7 Å². The van der Waals surface area contributed by atoms with Gasteiger partial charge in [-0.05, 0) is 32.3 Å². The normalized spacial score (nSPS) is 18.3. The summed E-state index contributed by atoms with van der Waals surface area (Å²) < 4.78 is 16.1. The van der Waals surface area contributed by atoms with E-state index in [1.807, 2.05) is 6.92 Å². The third kappa shape index (κ3) is 3.37. The molecule has 3 aromatic heterocycles. The van der Waals surface area contributed by atoms with Gasteiger partial charge in [0, 0.05) is 74.0 Å². The molecule has 2 amide bonds. The molecule has 2 N–H and O–H groups in total. The van der Waals surface area contributed by atoms with Gasteiger partial charge < -0.3 is 19.9 Å². The van der Waals surface area contributed by atoms with Crippen LogP contribution in [0.3, 0.4) is 0 Å². The number of hydrogen-bond acceptors (Lipinski definition) is 5. The van der Waals surface area contributed by atoms with Crippen LogP contribution in [0, 0.1) is 12.7 Å². The minimum absolute atomic E-state index is 0.253. The largest absolute Gasteiger partial charge is 0.369 e. The highest BCUT2D eigenvalue weighted by Gasteiger charge is 2.34. The first-order valence-electron chi connectivity index (χ1n) is 11.3. The molecule has 32 heavy (non-hydrogen) atoms. The van der Waals surface area contributed by atoms with Gasteiger partial charge in [0.2, 0.25) is 0 Å². The lowest BCUT2D eigenvalue weighted by molar-refractivity contribution is 0.257. The van der Waals surface area contributed by atoms with E-state index in [1.165, 1.54) is 11.8 Å². The lowest BCUT2D eigenvalue weighted by Crippen LogP contribution is -2.44. The van der Waals surface area contributed by atoms with E-state index in [9.17, 15) is 9.18 Å². The van der Waals surface area contributed by atoms with Gasteiger partial charge >= 0.3 is 6.03 Å². The number of aromatic nitrogens is 3. The van der Waals surface area contributed by atoms with Crippen molar-refractivity contribution in [2.75, 3.05) is 47.8 Å². The van der Waals surface area contributed by atoms with Crippen LogP contribution >= 0.6 is 0 Å². The number of pyridine rings is 2. The van der Waals surface area contributed by atoms with Crippen molar-refractivity contribution in [3.8, 4) is 0 Å². The molecule has 166 valence electrons. The summed E-state index contributed by atoms with van der Waals surface area (Å²) in [4.78, 5) is 26.4. The summed E-state index contributed by atoms with van der Waals surface area (Å²) in [6.07, 6.45) is 6.51. The highest BCUT2D eigenvalue weighted by Crippen LogP contribution is 2.44. The van der Waals surface area contributed by atoms with Crippen molar-refractivity contribution in [3.05, 3.63) is 47.3 Å². The number of piperazine rings is 1. The van der Waals surface area contributed by atoms with Crippen LogP contribution in [-0.4, -0.2) is 53.1 Å². The van der Waals surface area contributed by atoms with Crippen molar-refractivity contribution in [2.24, 2.45) is 0 Å². The molecule has 1 aliphatic carbocycles. The van der Waals surface area contributed by atoms with E-state index in [2.05, 4.69) is 26.6 Å². The molecule has 3 aliphatic rings. The summed E-state index contributed by atoms with van der Waals surface area (Å²) in [5.41, 5.74) is 4.81. The van der Waals surface area contributed by atoms with Crippen molar-refractivity contribution in [2.45, 2.75) is 32.1 Å². The Morgan fingerprint density at radius 2 is 1.97 bits per heavy atom. The smallest absolute Gasteiger partial charge is 0.327 e. The first-order chi connectivity index (χ1) is 15.6. The van der Waals surface area contributed by atoms with Gasteiger partial charge in [-0.1, -0.05) is 0 Å². The summed E-state index contributed by atoms with van der Waals surface area (Å²) in [5.74, 6) is 0.779. The van der Waals surface area contributed by atoms with E-state index < -0.39 is 5.82 Å². The fourth-order valence-corrected chi connectivity index (χ4v) is 4.77. The fourth-order valence-electron chi connectivity index (χ4n) is 4.77. The molecule has 0 bridgehead atoms. The number of nitrogens with one attached hydrogen (secondary N) is 2. The quantitative estimate of drug-likeness (QED) is 0.661. The van der Waals surface area contributed by atoms with Crippen LogP contribution in [0.25, 0.3) is 5.65 Å². The molecule has 3 aromatic rings. The molecule has 0 aromatic carbocycles. The maximum Gasteiger partial charge on any atom is 0.327 e. The van der Waals surface area contributed by atoms with Crippen LogP contribution in [0.4, 0.5) is 26.4 Å². The highest BCUT2D eigenvalue weighted by molar-refractivity contribution is 6.03. The lowest BCUT2D eigenvalue weighted by Gasteiger charge is -2.31. The first kappa shape index (κ1) is 19.5. The zero-order chi connectivity index (χ0) is 21.8. The molecule has 1 saturated carbocycles. The average molecular weight is 436 g/mol. The SMILES string of the molecule is Cc1cn2cc(NC(=O)N3CCc4c(N5CCNCC5)cc(C5CC5)nc43)cc(F)c2n1. The number of amides is 2. The predicted octanol–water partition coefficient (Wildman–Crippen LogP) is 3.06. The monoisotopic (exact) mass is 435 g/mol. The van der Waals surface area contributed by atoms with Crippen molar-refractivity contribution >= 4 is 28.9 Å². The number of imidazole rings is 1. The molecule has 2 fully saturated rings. The zero-order valence-corrected chi connectivity index (χ0v) is 18.1. The minimum Gasteiger partial charge on any atom is -0.369 e. The maximum absolute atomic E-state index is 14.5. The second-order valence-electron chi connectivity index (χ2n) is 8.90. The van der Waals surface area contributed by atoms with Gasteiger partial charge in [0.1, 0.15) is 5.82 Å². The Morgan fingerprint density at radius 3 is 2.75 bits per heavy atom. The number of nitrogens with zero attached hydrogens (tertiary/aromatic N) is 5. The second-order valence-corrected chi connectivity index (χ2v) is 8.90. The van der Waals surface area contributed by atoms with Crippen LogP contribution in [-0.2, 0) is 6.42 Å². The number of halogens is 1. The Balaban J connectivity index is 1.32. The lowest BCUT2D eigenvalue weighted by atomic mass is 10.1. The number of hydrogen-bond donors (Lipinski definition) is 2. The second kappa shape index (κ2) is 7.44. The molecular formula is C23H26FN7O. The van der Waals surface area contributed by atoms with Crippen molar-refractivity contribution < 1.29 is 9.18 Å². The van der Waals surface area contributed by atoms with Gasteiger partial charge in [-0.3, -0.25) is 4.90 Å². The topological polar surface area (TPSA) is 77.8 Å². The number of fused-ring (bicyclic) bond motifs is 2. The molecule has 8 nitrogen and oxygen atoms in total. The summed E-state index contributed by atoms with van der Waals surface area (Å²) in [6.45, 7) is 6.21. The van der Waals surface area contributed by atoms with Gasteiger partial charge in [0.25, 0.3) is 0 Å². The molecule has 0 spiro atoms. The van der Waals surface area contributed by atoms with E-state index >= 15 is 0 Å². The van der Waals surface area contributed by atoms with E-state index in [4.69, 9.17) is 4.98 Å². The summed E-state index contributed by atoms with van der Waals surface area (Å²) in [6, 6.07) is 3.27. The standard InChI is InChI=1S/C23H26FN7O/c1-14-12-30-13-16(10-18(24)22(30)26-14)27-23(32)31-7-4-17-20(29-8-5-25-6-9-29)11-19(15-2-3-15)28-21(17)31/h10-13,15,25H,2-9H2,1H3,(H,27,32). The molecule has 0 unspecified atom stereocenters. The summed E-state index contributed by atoms with van der Waals surface area (Å²) in [7, 11) is 0. The number of rotatable bonds is 3. The van der Waals surface area contributed by atoms with Crippen LogP contribution in [0.5, 0.6) is 0 Å². The van der Waals surface area contributed by atoms with Crippen molar-refractivity contribution in [3.63, 3.8) is 0 Å². The first-order valence-corrected chi connectivity index (χ1v) is 11.3. The summed E-state index contributed by atoms with van der Waals surface area (Å²) in [5, 5.41) is 6.27. The van der Waals surface area contributed by atoms with E-state index in [0.29, 0.717) is 18.2 Å². The Kier molecular flexibility index (Phi) is 4.53. The van der Waals surface area contributed by atoms with E-state index in [-0.39, 0.29) is 11.7 Å². The molecule has 1 saturated heterocycles.